The van der Waals surface area contributed by atoms with Gasteiger partial charge in [0.25, 0.3) is 0 Å². The fourth-order valence-corrected chi connectivity index (χ4v) is 2.45. The van der Waals surface area contributed by atoms with E-state index < -0.39 is 0 Å². The summed E-state index contributed by atoms with van der Waals surface area (Å²) < 4.78 is 0. The zero-order valence-corrected chi connectivity index (χ0v) is 11.7. The Morgan fingerprint density at radius 3 is 1.19 bits per heavy atom. The molecular weight excluding hydrogens is 251 g/mol. The molecule has 0 unspecified atom stereocenters. The summed E-state index contributed by atoms with van der Waals surface area (Å²) in [7, 11) is 6.48. The quantitative estimate of drug-likeness (QED) is 0.473. The lowest BCUT2D eigenvalue weighted by molar-refractivity contribution is 1.54. The first-order valence-corrected chi connectivity index (χ1v) is 7.02. The molecule has 3 aromatic rings. The average Bonchev–Trinajstić information content (AvgIpc) is 2.58. The predicted molar refractivity (Wildman–Crippen MR) is 91.0 cm³/mol. The molecule has 0 saturated carbocycles. The number of hydrogen-bond acceptors (Lipinski definition) is 0. The molecule has 0 bridgehead atoms. The molecule has 0 N–H and O–H groups in total. The highest BCUT2D eigenvalue weighted by Gasteiger charge is 2.09. The van der Waals surface area contributed by atoms with Gasteiger partial charge in [0, 0.05) is 0 Å². The van der Waals surface area contributed by atoms with E-state index in [1.807, 2.05) is 66.7 Å². The van der Waals surface area contributed by atoms with Crippen LogP contribution in [0.5, 0.6) is 0 Å². The van der Waals surface area contributed by atoms with Crippen molar-refractivity contribution in [3.63, 3.8) is 0 Å². The Labute approximate surface area is 127 Å². The van der Waals surface area contributed by atoms with Gasteiger partial charge < -0.3 is 0 Å². The molecule has 3 aromatic carbocycles. The first-order chi connectivity index (χ1) is 10.4. The largest absolute Gasteiger partial charge is 0.115 e. The number of rotatable bonds is 3. The summed E-state index contributed by atoms with van der Waals surface area (Å²) >= 11 is 0. The van der Waals surface area contributed by atoms with Gasteiger partial charge in [-0.2, -0.15) is 0 Å². The third-order valence-electron chi connectivity index (χ3n) is 3.48. The molecule has 1 heteroatoms. The molecule has 0 aliphatic carbocycles. The SMILES string of the molecule is [B]C(=C(c1ccccc1)c1ccccc1)c1ccccc1. The minimum absolute atomic E-state index is 0.799. The molecule has 0 aliphatic heterocycles. The van der Waals surface area contributed by atoms with E-state index in [0.29, 0.717) is 0 Å². The lowest BCUT2D eigenvalue weighted by Crippen LogP contribution is -1.94. The molecule has 0 heterocycles. The maximum Gasteiger partial charge on any atom is 0.115 e. The van der Waals surface area contributed by atoms with Crippen LogP contribution in [0.4, 0.5) is 0 Å². The van der Waals surface area contributed by atoms with Crippen molar-refractivity contribution in [3.8, 4) is 0 Å². The Morgan fingerprint density at radius 2 is 0.810 bits per heavy atom. The number of benzene rings is 3. The third kappa shape index (κ3) is 2.98. The van der Waals surface area contributed by atoms with Crippen molar-refractivity contribution in [3.05, 3.63) is 108 Å². The molecule has 0 amide bonds. The van der Waals surface area contributed by atoms with E-state index in [4.69, 9.17) is 7.85 Å². The summed E-state index contributed by atoms with van der Waals surface area (Å²) in [6.45, 7) is 0. The second kappa shape index (κ2) is 6.28. The minimum atomic E-state index is 0.799. The molecule has 0 aliphatic rings. The van der Waals surface area contributed by atoms with Gasteiger partial charge in [0.2, 0.25) is 0 Å². The van der Waals surface area contributed by atoms with Crippen molar-refractivity contribution >= 4 is 18.9 Å². The van der Waals surface area contributed by atoms with Crippen LogP contribution in [0, 0.1) is 0 Å². The van der Waals surface area contributed by atoms with Gasteiger partial charge in [-0.05, 0) is 22.3 Å². The summed E-state index contributed by atoms with van der Waals surface area (Å²) in [5.74, 6) is 0. The summed E-state index contributed by atoms with van der Waals surface area (Å²) in [5, 5.41) is 0. The summed E-state index contributed by atoms with van der Waals surface area (Å²) in [6.07, 6.45) is 0. The molecule has 0 spiro atoms. The lowest BCUT2D eigenvalue weighted by Gasteiger charge is -2.14. The normalized spacial score (nSPS) is 10.1. The molecule has 0 nitrogen and oxygen atoms in total. The van der Waals surface area contributed by atoms with Crippen molar-refractivity contribution in [1.82, 2.24) is 0 Å². The number of hydrogen-bond donors (Lipinski definition) is 0. The van der Waals surface area contributed by atoms with Crippen molar-refractivity contribution in [2.75, 3.05) is 0 Å². The fourth-order valence-electron chi connectivity index (χ4n) is 2.45. The molecule has 21 heavy (non-hydrogen) atoms. The van der Waals surface area contributed by atoms with Crippen molar-refractivity contribution in [1.29, 1.82) is 0 Å². The summed E-state index contributed by atoms with van der Waals surface area (Å²) in [5.41, 5.74) is 5.17. The van der Waals surface area contributed by atoms with Gasteiger partial charge in [-0.15, -0.1) is 0 Å². The summed E-state index contributed by atoms with van der Waals surface area (Å²) in [4.78, 5) is 0. The van der Waals surface area contributed by atoms with Crippen LogP contribution in [0.1, 0.15) is 16.7 Å². The van der Waals surface area contributed by atoms with Crippen molar-refractivity contribution in [2.24, 2.45) is 0 Å². The van der Waals surface area contributed by atoms with Crippen LogP contribution in [0.3, 0.4) is 0 Å². The van der Waals surface area contributed by atoms with Crippen molar-refractivity contribution in [2.45, 2.75) is 0 Å². The highest BCUT2D eigenvalue weighted by molar-refractivity contribution is 6.47. The van der Waals surface area contributed by atoms with E-state index >= 15 is 0 Å². The maximum absolute atomic E-state index is 6.48. The average molecular weight is 266 g/mol. The highest BCUT2D eigenvalue weighted by atomic mass is 14.1. The second-order valence-electron chi connectivity index (χ2n) is 4.89. The van der Waals surface area contributed by atoms with Gasteiger partial charge >= 0.3 is 0 Å². The van der Waals surface area contributed by atoms with E-state index in [1.165, 1.54) is 0 Å². The standard InChI is InChI=1S/C20H15B/c21-20(18-14-8-3-9-15-18)19(16-10-4-1-5-11-16)17-12-6-2-7-13-17/h1-15H. The molecule has 0 saturated heterocycles. The molecule has 98 valence electrons. The third-order valence-corrected chi connectivity index (χ3v) is 3.48. The Kier molecular flexibility index (Phi) is 4.02. The fraction of sp³-hybridized carbons (Fsp3) is 0. The van der Waals surface area contributed by atoms with E-state index in [1.54, 1.807) is 0 Å². The van der Waals surface area contributed by atoms with Crippen LogP contribution >= 0.6 is 0 Å². The van der Waals surface area contributed by atoms with Crippen LogP contribution in [-0.4, -0.2) is 7.85 Å². The van der Waals surface area contributed by atoms with E-state index in [2.05, 4.69) is 24.3 Å². The van der Waals surface area contributed by atoms with Gasteiger partial charge in [0.15, 0.2) is 0 Å². The second-order valence-corrected chi connectivity index (χ2v) is 4.89. The van der Waals surface area contributed by atoms with Crippen LogP contribution in [0.25, 0.3) is 11.0 Å². The van der Waals surface area contributed by atoms with Gasteiger partial charge in [-0.3, -0.25) is 0 Å². The first-order valence-electron chi connectivity index (χ1n) is 7.02. The summed E-state index contributed by atoms with van der Waals surface area (Å²) in [6, 6.07) is 30.7. The smallest absolute Gasteiger partial charge is 0.0813 e. The van der Waals surface area contributed by atoms with Gasteiger partial charge in [-0.1, -0.05) is 96.5 Å². The van der Waals surface area contributed by atoms with Crippen LogP contribution in [0.2, 0.25) is 0 Å². The Bertz CT molecular complexity index is 687. The topological polar surface area (TPSA) is 0 Å². The van der Waals surface area contributed by atoms with Crippen LogP contribution in [-0.2, 0) is 0 Å². The van der Waals surface area contributed by atoms with E-state index in [-0.39, 0.29) is 0 Å². The molecule has 2 radical (unpaired) electrons. The molecular formula is C20H15B. The van der Waals surface area contributed by atoms with Crippen molar-refractivity contribution < 1.29 is 0 Å². The first kappa shape index (κ1) is 13.4. The molecule has 3 rings (SSSR count). The van der Waals surface area contributed by atoms with Gasteiger partial charge in [0.1, 0.15) is 7.85 Å². The lowest BCUT2D eigenvalue weighted by atomic mass is 9.79. The molecule has 0 atom stereocenters. The zero-order valence-electron chi connectivity index (χ0n) is 11.7. The van der Waals surface area contributed by atoms with Gasteiger partial charge in [-0.25, -0.2) is 0 Å². The van der Waals surface area contributed by atoms with Gasteiger partial charge in [0.05, 0.1) is 0 Å². The Balaban J connectivity index is 2.22. The minimum Gasteiger partial charge on any atom is -0.0813 e. The van der Waals surface area contributed by atoms with E-state index in [0.717, 1.165) is 27.7 Å². The zero-order chi connectivity index (χ0) is 14.5. The Hall–Kier alpha value is -2.54. The molecule has 0 fully saturated rings. The van der Waals surface area contributed by atoms with E-state index in [9.17, 15) is 0 Å². The monoisotopic (exact) mass is 266 g/mol. The Morgan fingerprint density at radius 1 is 0.476 bits per heavy atom. The maximum atomic E-state index is 6.48. The van der Waals surface area contributed by atoms with Crippen LogP contribution < -0.4 is 0 Å². The van der Waals surface area contributed by atoms with Crippen LogP contribution in [0.15, 0.2) is 91.0 Å². The predicted octanol–water partition coefficient (Wildman–Crippen LogP) is 4.77. The molecule has 0 aromatic heterocycles. The highest BCUT2D eigenvalue weighted by Crippen LogP contribution is 2.30.